The van der Waals surface area contributed by atoms with Crippen LogP contribution in [-0.4, -0.2) is 25.2 Å². The van der Waals surface area contributed by atoms with Crippen LogP contribution in [0.25, 0.3) is 0 Å². The summed E-state index contributed by atoms with van der Waals surface area (Å²) in [5.74, 6) is 0.926. The molecule has 3 heteroatoms. The van der Waals surface area contributed by atoms with Crippen LogP contribution in [0.15, 0.2) is 0 Å². The third kappa shape index (κ3) is 3.49. The Bertz CT molecular complexity index is 212. The molecule has 0 aliphatic heterocycles. The van der Waals surface area contributed by atoms with Gasteiger partial charge in [-0.1, -0.05) is 20.8 Å². The molecule has 3 nitrogen and oxygen atoms in total. The molecule has 88 valence electrons. The van der Waals surface area contributed by atoms with E-state index in [0.717, 1.165) is 12.3 Å². The van der Waals surface area contributed by atoms with Crippen molar-refractivity contribution in [2.45, 2.75) is 52.1 Å². The number of hydrogen-bond acceptors (Lipinski definition) is 3. The molecule has 1 saturated carbocycles. The van der Waals surface area contributed by atoms with Crippen LogP contribution in [0.1, 0.15) is 40.0 Å². The average Bonchev–Trinajstić information content (AvgIpc) is 3.01. The molecule has 0 spiro atoms. The predicted octanol–water partition coefficient (Wildman–Crippen LogP) is 1.96. The van der Waals surface area contributed by atoms with Crippen molar-refractivity contribution in [2.24, 2.45) is 11.8 Å². The molecule has 2 unspecified atom stereocenters. The highest BCUT2D eigenvalue weighted by Gasteiger charge is 2.34. The molecule has 1 aliphatic rings. The number of hydrogen-bond donors (Lipinski definition) is 1. The second-order valence-corrected chi connectivity index (χ2v) is 4.76. The van der Waals surface area contributed by atoms with Gasteiger partial charge in [0.25, 0.3) is 0 Å². The van der Waals surface area contributed by atoms with Crippen molar-refractivity contribution in [2.75, 3.05) is 7.11 Å². The average molecular weight is 213 g/mol. The first-order valence-electron chi connectivity index (χ1n) is 5.94. The quantitative estimate of drug-likeness (QED) is 0.685. The van der Waals surface area contributed by atoms with Gasteiger partial charge in [-0.15, -0.1) is 0 Å². The van der Waals surface area contributed by atoms with Gasteiger partial charge >= 0.3 is 5.97 Å². The zero-order valence-corrected chi connectivity index (χ0v) is 10.2. The molecule has 0 radical (unpaired) electrons. The topological polar surface area (TPSA) is 38.3 Å². The normalized spacial score (nSPS) is 20.1. The van der Waals surface area contributed by atoms with Gasteiger partial charge in [0.05, 0.1) is 7.11 Å². The summed E-state index contributed by atoms with van der Waals surface area (Å²) in [5, 5.41) is 3.44. The van der Waals surface area contributed by atoms with Crippen molar-refractivity contribution in [3.63, 3.8) is 0 Å². The number of carbonyl (C=O) groups is 1. The number of methoxy groups -OCH3 is 1. The van der Waals surface area contributed by atoms with E-state index in [-0.39, 0.29) is 17.9 Å². The SMILES string of the molecule is CCC(NC(C(=O)OC)C(C)C)C1CC1. The highest BCUT2D eigenvalue weighted by atomic mass is 16.5. The van der Waals surface area contributed by atoms with Crippen LogP contribution < -0.4 is 5.32 Å². The van der Waals surface area contributed by atoms with E-state index in [1.165, 1.54) is 20.0 Å². The maximum absolute atomic E-state index is 11.6. The molecule has 0 saturated heterocycles. The lowest BCUT2D eigenvalue weighted by atomic mass is 10.0. The summed E-state index contributed by atoms with van der Waals surface area (Å²) in [4.78, 5) is 11.6. The van der Waals surface area contributed by atoms with Gasteiger partial charge < -0.3 is 10.1 Å². The van der Waals surface area contributed by atoms with E-state index in [2.05, 4.69) is 12.2 Å². The Labute approximate surface area is 92.6 Å². The van der Waals surface area contributed by atoms with Gasteiger partial charge in [-0.05, 0) is 31.1 Å². The van der Waals surface area contributed by atoms with Crippen LogP contribution in [0.4, 0.5) is 0 Å². The van der Waals surface area contributed by atoms with Gasteiger partial charge in [0.2, 0.25) is 0 Å². The van der Waals surface area contributed by atoms with Crippen LogP contribution in [-0.2, 0) is 9.53 Å². The molecular weight excluding hydrogens is 190 g/mol. The molecule has 0 bridgehead atoms. The van der Waals surface area contributed by atoms with Gasteiger partial charge in [0.15, 0.2) is 0 Å². The van der Waals surface area contributed by atoms with Crippen LogP contribution in [0.3, 0.4) is 0 Å². The summed E-state index contributed by atoms with van der Waals surface area (Å²) in [6.45, 7) is 6.27. The lowest BCUT2D eigenvalue weighted by Crippen LogP contribution is -2.47. The van der Waals surface area contributed by atoms with Crippen LogP contribution in [0.2, 0.25) is 0 Å². The molecule has 0 aromatic heterocycles. The Hall–Kier alpha value is -0.570. The lowest BCUT2D eigenvalue weighted by molar-refractivity contribution is -0.144. The maximum Gasteiger partial charge on any atom is 0.323 e. The van der Waals surface area contributed by atoms with E-state index < -0.39 is 0 Å². The fraction of sp³-hybridized carbons (Fsp3) is 0.917. The van der Waals surface area contributed by atoms with E-state index in [1.54, 1.807) is 0 Å². The summed E-state index contributed by atoms with van der Waals surface area (Å²) < 4.78 is 4.82. The molecule has 0 aromatic rings. The fourth-order valence-electron chi connectivity index (χ4n) is 1.98. The molecule has 1 rings (SSSR count). The number of nitrogens with one attached hydrogen (secondary N) is 1. The number of ether oxygens (including phenoxy) is 1. The van der Waals surface area contributed by atoms with Crippen molar-refractivity contribution < 1.29 is 9.53 Å². The van der Waals surface area contributed by atoms with Crippen molar-refractivity contribution in [3.8, 4) is 0 Å². The Morgan fingerprint density at radius 1 is 1.47 bits per heavy atom. The molecular formula is C12H23NO2. The first-order valence-corrected chi connectivity index (χ1v) is 5.94. The largest absolute Gasteiger partial charge is 0.468 e. The maximum atomic E-state index is 11.6. The zero-order chi connectivity index (χ0) is 11.4. The van der Waals surface area contributed by atoms with Crippen LogP contribution in [0, 0.1) is 11.8 Å². The predicted molar refractivity (Wildman–Crippen MR) is 60.6 cm³/mol. The minimum atomic E-state index is -0.152. The monoisotopic (exact) mass is 213 g/mol. The molecule has 1 fully saturated rings. The van der Waals surface area contributed by atoms with Gasteiger partial charge in [-0.25, -0.2) is 0 Å². The second kappa shape index (κ2) is 5.50. The summed E-state index contributed by atoms with van der Waals surface area (Å²) in [6.07, 6.45) is 3.69. The molecule has 0 heterocycles. The first-order chi connectivity index (χ1) is 7.10. The Morgan fingerprint density at radius 2 is 2.07 bits per heavy atom. The lowest BCUT2D eigenvalue weighted by Gasteiger charge is -2.25. The summed E-state index contributed by atoms with van der Waals surface area (Å²) in [7, 11) is 1.46. The second-order valence-electron chi connectivity index (χ2n) is 4.76. The number of esters is 1. The smallest absolute Gasteiger partial charge is 0.323 e. The minimum Gasteiger partial charge on any atom is -0.468 e. The fourth-order valence-corrected chi connectivity index (χ4v) is 1.98. The highest BCUT2D eigenvalue weighted by Crippen LogP contribution is 2.34. The van der Waals surface area contributed by atoms with Gasteiger partial charge in [0, 0.05) is 6.04 Å². The van der Waals surface area contributed by atoms with E-state index in [9.17, 15) is 4.79 Å². The van der Waals surface area contributed by atoms with Gasteiger partial charge in [-0.3, -0.25) is 4.79 Å². The van der Waals surface area contributed by atoms with Crippen LogP contribution >= 0.6 is 0 Å². The summed E-state index contributed by atoms with van der Waals surface area (Å²) >= 11 is 0. The number of carbonyl (C=O) groups excluding carboxylic acids is 1. The minimum absolute atomic E-state index is 0.135. The van der Waals surface area contributed by atoms with Crippen molar-refractivity contribution in [1.29, 1.82) is 0 Å². The third-order valence-electron chi connectivity index (χ3n) is 3.15. The molecule has 2 atom stereocenters. The zero-order valence-electron chi connectivity index (χ0n) is 10.2. The van der Waals surface area contributed by atoms with Crippen molar-refractivity contribution in [3.05, 3.63) is 0 Å². The molecule has 1 N–H and O–H groups in total. The Morgan fingerprint density at radius 3 is 2.40 bits per heavy atom. The van der Waals surface area contributed by atoms with Crippen molar-refractivity contribution in [1.82, 2.24) is 5.32 Å². The third-order valence-corrected chi connectivity index (χ3v) is 3.15. The van der Waals surface area contributed by atoms with E-state index >= 15 is 0 Å². The van der Waals surface area contributed by atoms with Crippen molar-refractivity contribution >= 4 is 5.97 Å². The summed E-state index contributed by atoms with van der Waals surface area (Å²) in [6, 6.07) is 0.331. The first kappa shape index (κ1) is 12.5. The highest BCUT2D eigenvalue weighted by molar-refractivity contribution is 5.75. The molecule has 15 heavy (non-hydrogen) atoms. The number of rotatable bonds is 6. The van der Waals surface area contributed by atoms with E-state index in [4.69, 9.17) is 4.74 Å². The molecule has 0 aromatic carbocycles. The van der Waals surface area contributed by atoms with Gasteiger partial charge in [0.1, 0.15) is 6.04 Å². The van der Waals surface area contributed by atoms with E-state index in [0.29, 0.717) is 6.04 Å². The van der Waals surface area contributed by atoms with E-state index in [1.807, 2.05) is 13.8 Å². The Kier molecular flexibility index (Phi) is 4.58. The molecule has 1 aliphatic carbocycles. The Balaban J connectivity index is 2.52. The van der Waals surface area contributed by atoms with Gasteiger partial charge in [-0.2, -0.15) is 0 Å². The summed E-state index contributed by atoms with van der Waals surface area (Å²) in [5.41, 5.74) is 0. The molecule has 0 amide bonds. The van der Waals surface area contributed by atoms with Crippen LogP contribution in [0.5, 0.6) is 0 Å². The standard InChI is InChI=1S/C12H23NO2/c1-5-10(9-6-7-9)13-11(8(2)3)12(14)15-4/h8-11,13H,5-7H2,1-4H3.